The van der Waals surface area contributed by atoms with Crippen molar-refractivity contribution in [2.24, 2.45) is 0 Å². The lowest BCUT2D eigenvalue weighted by Crippen LogP contribution is -2.56. The fourth-order valence-corrected chi connectivity index (χ4v) is 5.82. The summed E-state index contributed by atoms with van der Waals surface area (Å²) in [5.41, 5.74) is 2.86. The first kappa shape index (κ1) is 31.4. The van der Waals surface area contributed by atoms with Gasteiger partial charge < -0.3 is 29.9 Å². The number of nitriles is 1. The summed E-state index contributed by atoms with van der Waals surface area (Å²) in [4.78, 5) is 31.8. The zero-order valence-electron chi connectivity index (χ0n) is 26.4. The average molecular weight is 630 g/mol. The predicted octanol–water partition coefficient (Wildman–Crippen LogP) is 4.43. The highest BCUT2D eigenvalue weighted by molar-refractivity contribution is 5.70. The number of carbonyl (C=O) groups excluding carboxylic acids is 1. The number of hydrogen-bond donors (Lipinski definition) is 2. The summed E-state index contributed by atoms with van der Waals surface area (Å²) in [6.45, 7) is 11.4. The molecule has 46 heavy (non-hydrogen) atoms. The molecule has 4 heterocycles. The van der Waals surface area contributed by atoms with Crippen LogP contribution in [0.15, 0.2) is 48.8 Å². The maximum atomic E-state index is 15.1. The SMILES string of the molecule is CC(C)(C)OC(=O)N1CC[C@H](Nc2ccc(-c3ncnc(Nc4ccc(N5CCN(C6COC6)CC5)cc4)n3)cc2C#N)[C@H](F)C1. The van der Waals surface area contributed by atoms with Gasteiger partial charge in [-0.05, 0) is 69.7 Å². The maximum absolute atomic E-state index is 15.1. The quantitative estimate of drug-likeness (QED) is 0.385. The number of piperidine rings is 1. The molecular formula is C33H40FN9O3. The predicted molar refractivity (Wildman–Crippen MR) is 173 cm³/mol. The molecule has 3 aliphatic rings. The molecule has 2 aromatic carbocycles. The highest BCUT2D eigenvalue weighted by atomic mass is 19.1. The molecular weight excluding hydrogens is 589 g/mol. The van der Waals surface area contributed by atoms with E-state index in [1.807, 2.05) is 12.1 Å². The molecule has 0 aliphatic carbocycles. The maximum Gasteiger partial charge on any atom is 0.410 e. The highest BCUT2D eigenvalue weighted by Crippen LogP contribution is 2.28. The van der Waals surface area contributed by atoms with Crippen LogP contribution in [0.5, 0.6) is 0 Å². The first-order valence-electron chi connectivity index (χ1n) is 15.7. The van der Waals surface area contributed by atoms with Crippen molar-refractivity contribution in [2.45, 2.75) is 51.0 Å². The van der Waals surface area contributed by atoms with Crippen LogP contribution in [-0.4, -0.2) is 107 Å². The second kappa shape index (κ2) is 13.4. The molecule has 3 fully saturated rings. The second-order valence-electron chi connectivity index (χ2n) is 12.9. The number of carbonyl (C=O) groups is 1. The number of hydrogen-bond acceptors (Lipinski definition) is 11. The number of anilines is 4. The molecule has 2 atom stereocenters. The van der Waals surface area contributed by atoms with Crippen LogP contribution in [0.2, 0.25) is 0 Å². The molecule has 1 aromatic heterocycles. The molecule has 0 saturated carbocycles. The number of aromatic nitrogens is 3. The lowest BCUT2D eigenvalue weighted by atomic mass is 10.0. The fraction of sp³-hybridized carbons (Fsp3) is 0.485. The summed E-state index contributed by atoms with van der Waals surface area (Å²) in [5, 5.41) is 16.3. The molecule has 6 rings (SSSR count). The largest absolute Gasteiger partial charge is 0.444 e. The number of piperazine rings is 1. The van der Waals surface area contributed by atoms with Gasteiger partial charge in [0.25, 0.3) is 0 Å². The number of nitrogens with one attached hydrogen (secondary N) is 2. The van der Waals surface area contributed by atoms with Gasteiger partial charge >= 0.3 is 6.09 Å². The van der Waals surface area contributed by atoms with Crippen LogP contribution in [0.25, 0.3) is 11.4 Å². The molecule has 3 saturated heterocycles. The molecule has 3 aromatic rings. The van der Waals surface area contributed by atoms with Crippen molar-refractivity contribution in [3.8, 4) is 17.5 Å². The third-order valence-electron chi connectivity index (χ3n) is 8.44. The van der Waals surface area contributed by atoms with E-state index in [4.69, 9.17) is 9.47 Å². The summed E-state index contributed by atoms with van der Waals surface area (Å²) in [7, 11) is 0. The van der Waals surface area contributed by atoms with E-state index in [9.17, 15) is 10.1 Å². The smallest absolute Gasteiger partial charge is 0.410 e. The Balaban J connectivity index is 1.06. The van der Waals surface area contributed by atoms with Gasteiger partial charge in [0.2, 0.25) is 5.95 Å². The third-order valence-corrected chi connectivity index (χ3v) is 8.44. The van der Waals surface area contributed by atoms with E-state index in [0.717, 1.165) is 45.1 Å². The molecule has 2 N–H and O–H groups in total. The van der Waals surface area contributed by atoms with Crippen LogP contribution >= 0.6 is 0 Å². The molecule has 1 amide bonds. The van der Waals surface area contributed by atoms with E-state index in [0.29, 0.717) is 47.6 Å². The lowest BCUT2D eigenvalue weighted by molar-refractivity contribution is -0.0660. The molecule has 0 spiro atoms. The van der Waals surface area contributed by atoms with Crippen LogP contribution in [0.4, 0.5) is 32.2 Å². The van der Waals surface area contributed by atoms with Gasteiger partial charge in [-0.25, -0.2) is 19.2 Å². The van der Waals surface area contributed by atoms with Crippen molar-refractivity contribution in [3.05, 3.63) is 54.4 Å². The molecule has 12 nitrogen and oxygen atoms in total. The Kier molecular flexibility index (Phi) is 9.19. The molecule has 242 valence electrons. The van der Waals surface area contributed by atoms with E-state index in [1.165, 1.54) is 16.9 Å². The monoisotopic (exact) mass is 629 g/mol. The highest BCUT2D eigenvalue weighted by Gasteiger charge is 2.34. The van der Waals surface area contributed by atoms with Crippen molar-refractivity contribution in [1.29, 1.82) is 5.26 Å². The van der Waals surface area contributed by atoms with E-state index in [2.05, 4.69) is 53.6 Å². The van der Waals surface area contributed by atoms with Crippen LogP contribution < -0.4 is 15.5 Å². The molecule has 0 unspecified atom stereocenters. The van der Waals surface area contributed by atoms with Crippen molar-refractivity contribution in [3.63, 3.8) is 0 Å². The van der Waals surface area contributed by atoms with E-state index in [1.54, 1.807) is 39.0 Å². The standard InChI is InChI=1S/C33H40FN9O3/c1-33(2,3)46-32(44)43-11-10-29(27(34)18-43)39-28-9-4-22(16-23(28)17-35)30-36-21-37-31(40-30)38-24-5-7-25(8-6-24)41-12-14-42(15-13-41)26-19-45-20-26/h4-9,16,21,26-27,29,39H,10-15,18-20H2,1-3H3,(H,36,37,38,40)/t27-,29+/m1/s1. The van der Waals surface area contributed by atoms with Crippen molar-refractivity contribution in [2.75, 3.05) is 68.0 Å². The Labute approximate surface area is 268 Å². The number of amides is 1. The number of benzene rings is 2. The van der Waals surface area contributed by atoms with Crippen LogP contribution in [0, 0.1) is 11.3 Å². The fourth-order valence-electron chi connectivity index (χ4n) is 5.82. The summed E-state index contributed by atoms with van der Waals surface area (Å²) in [6.07, 6.45) is -0.0424. The number of ether oxygens (including phenoxy) is 2. The first-order chi connectivity index (χ1) is 22.1. The number of likely N-dealkylation sites (tertiary alicyclic amines) is 1. The first-order valence-corrected chi connectivity index (χ1v) is 15.7. The van der Waals surface area contributed by atoms with Gasteiger partial charge in [-0.15, -0.1) is 0 Å². The van der Waals surface area contributed by atoms with Crippen LogP contribution in [-0.2, 0) is 9.47 Å². The second-order valence-corrected chi connectivity index (χ2v) is 12.9. The number of halogens is 1. The van der Waals surface area contributed by atoms with E-state index in [-0.39, 0.29) is 6.54 Å². The molecule has 13 heteroatoms. The Morgan fingerprint density at radius 3 is 2.48 bits per heavy atom. The van der Waals surface area contributed by atoms with E-state index < -0.39 is 23.9 Å². The molecule has 0 bridgehead atoms. The minimum Gasteiger partial charge on any atom is -0.444 e. The van der Waals surface area contributed by atoms with Gasteiger partial charge in [-0.3, -0.25) is 4.90 Å². The zero-order chi connectivity index (χ0) is 32.3. The zero-order valence-corrected chi connectivity index (χ0v) is 26.4. The Hall–Kier alpha value is -4.54. The summed E-state index contributed by atoms with van der Waals surface area (Å²) in [6, 6.07) is 15.6. The van der Waals surface area contributed by atoms with Crippen molar-refractivity contribution in [1.82, 2.24) is 24.8 Å². The number of rotatable bonds is 7. The normalized spacial score (nSPS) is 20.8. The van der Waals surface area contributed by atoms with Crippen molar-refractivity contribution < 1.29 is 18.7 Å². The van der Waals surface area contributed by atoms with Crippen LogP contribution in [0.1, 0.15) is 32.8 Å². The summed E-state index contributed by atoms with van der Waals surface area (Å²) < 4.78 is 25.8. The average Bonchev–Trinajstić information content (AvgIpc) is 3.01. The van der Waals surface area contributed by atoms with Gasteiger partial charge in [0, 0.05) is 49.7 Å². The van der Waals surface area contributed by atoms with Gasteiger partial charge in [-0.2, -0.15) is 10.2 Å². The molecule has 0 radical (unpaired) electrons. The molecule has 3 aliphatic heterocycles. The summed E-state index contributed by atoms with van der Waals surface area (Å²) >= 11 is 0. The minimum atomic E-state index is -1.32. The summed E-state index contributed by atoms with van der Waals surface area (Å²) in [5.74, 6) is 0.785. The Bertz CT molecular complexity index is 1560. The van der Waals surface area contributed by atoms with Crippen molar-refractivity contribution >= 4 is 29.1 Å². The minimum absolute atomic E-state index is 0.0799. The lowest BCUT2D eigenvalue weighted by Gasteiger charge is -2.43. The van der Waals surface area contributed by atoms with Crippen LogP contribution in [0.3, 0.4) is 0 Å². The van der Waals surface area contributed by atoms with Gasteiger partial charge in [0.15, 0.2) is 5.82 Å². The topological polar surface area (TPSA) is 132 Å². The van der Waals surface area contributed by atoms with Gasteiger partial charge in [0.1, 0.15) is 24.2 Å². The number of nitrogens with zero attached hydrogens (tertiary/aromatic N) is 7. The third kappa shape index (κ3) is 7.46. The van der Waals surface area contributed by atoms with E-state index >= 15 is 4.39 Å². The number of alkyl halides is 1. The van der Waals surface area contributed by atoms with Gasteiger partial charge in [-0.1, -0.05) is 0 Å². The van der Waals surface area contributed by atoms with Gasteiger partial charge in [0.05, 0.1) is 43.1 Å². The Morgan fingerprint density at radius 1 is 1.07 bits per heavy atom. The Morgan fingerprint density at radius 2 is 1.83 bits per heavy atom.